The quantitative estimate of drug-likeness (QED) is 0.644. The molecule has 0 spiro atoms. The normalized spacial score (nSPS) is 13.4. The Morgan fingerprint density at radius 2 is 1.75 bits per heavy atom. The lowest BCUT2D eigenvalue weighted by Crippen LogP contribution is -1.95. The Morgan fingerprint density at radius 1 is 0.900 bits per heavy atom. The molecule has 0 saturated heterocycles. The minimum Gasteiger partial charge on any atom is -0.254 e. The van der Waals surface area contributed by atoms with E-state index in [1.807, 2.05) is 0 Å². The van der Waals surface area contributed by atoms with Crippen molar-refractivity contribution in [3.8, 4) is 21.7 Å². The van der Waals surface area contributed by atoms with Crippen molar-refractivity contribution in [3.63, 3.8) is 0 Å². The minimum atomic E-state index is 1.16. The number of nitrogens with zero attached hydrogens (tertiary/aromatic N) is 1. The van der Waals surface area contributed by atoms with E-state index in [9.17, 15) is 0 Å². The lowest BCUT2D eigenvalue weighted by Gasteiger charge is -2.11. The molecule has 1 aliphatic rings. The zero-order chi connectivity index (χ0) is 13.4. The zero-order valence-electron chi connectivity index (χ0n) is 11.2. The molecule has 0 radical (unpaired) electrons. The van der Waals surface area contributed by atoms with Crippen molar-refractivity contribution in [2.24, 2.45) is 0 Å². The van der Waals surface area contributed by atoms with E-state index in [2.05, 4.69) is 54.0 Å². The highest BCUT2D eigenvalue weighted by Gasteiger charge is 2.21. The van der Waals surface area contributed by atoms with E-state index in [0.29, 0.717) is 0 Å². The zero-order valence-corrected chi connectivity index (χ0v) is 12.0. The molecule has 0 amide bonds. The number of hydrogen-bond acceptors (Lipinski definition) is 2. The lowest BCUT2D eigenvalue weighted by atomic mass is 9.97. The van der Waals surface area contributed by atoms with Crippen LogP contribution in [0, 0.1) is 0 Å². The summed E-state index contributed by atoms with van der Waals surface area (Å²) >= 11 is 1.78. The smallest absolute Gasteiger partial charge is 0.0836 e. The molecule has 1 aliphatic carbocycles. The SMILES string of the molecule is c1ccc(-c2cnc(-c3cccs3)c3c2CCC3)cc1. The second kappa shape index (κ2) is 4.88. The number of pyridine rings is 1. The first-order valence-electron chi connectivity index (χ1n) is 7.03. The maximum absolute atomic E-state index is 4.78. The second-order valence-electron chi connectivity index (χ2n) is 5.17. The number of benzene rings is 1. The van der Waals surface area contributed by atoms with Crippen LogP contribution >= 0.6 is 11.3 Å². The van der Waals surface area contributed by atoms with Crippen LogP contribution in [0.5, 0.6) is 0 Å². The summed E-state index contributed by atoms with van der Waals surface area (Å²) in [5.74, 6) is 0. The van der Waals surface area contributed by atoms with Gasteiger partial charge in [0.1, 0.15) is 0 Å². The maximum atomic E-state index is 4.78. The monoisotopic (exact) mass is 277 g/mol. The van der Waals surface area contributed by atoms with Gasteiger partial charge in [-0.15, -0.1) is 11.3 Å². The van der Waals surface area contributed by atoms with Crippen LogP contribution in [0.15, 0.2) is 54.0 Å². The van der Waals surface area contributed by atoms with E-state index < -0.39 is 0 Å². The first-order chi connectivity index (χ1) is 9.93. The Kier molecular flexibility index (Phi) is 2.89. The molecular weight excluding hydrogens is 262 g/mol. The largest absolute Gasteiger partial charge is 0.254 e. The van der Waals surface area contributed by atoms with Gasteiger partial charge in [0.15, 0.2) is 0 Å². The van der Waals surface area contributed by atoms with Crippen molar-refractivity contribution in [3.05, 3.63) is 65.2 Å². The summed E-state index contributed by atoms with van der Waals surface area (Å²) in [6.07, 6.45) is 5.66. The van der Waals surface area contributed by atoms with Gasteiger partial charge in [-0.05, 0) is 47.4 Å². The van der Waals surface area contributed by atoms with Gasteiger partial charge in [0.2, 0.25) is 0 Å². The summed E-state index contributed by atoms with van der Waals surface area (Å²) in [6.45, 7) is 0. The van der Waals surface area contributed by atoms with Gasteiger partial charge in [0, 0.05) is 11.8 Å². The number of thiophene rings is 1. The first kappa shape index (κ1) is 11.9. The Balaban J connectivity index is 1.91. The van der Waals surface area contributed by atoms with Crippen LogP contribution in [0.4, 0.5) is 0 Å². The average molecular weight is 277 g/mol. The van der Waals surface area contributed by atoms with Crippen LogP contribution in [-0.2, 0) is 12.8 Å². The van der Waals surface area contributed by atoms with Gasteiger partial charge in [-0.1, -0.05) is 36.4 Å². The predicted octanol–water partition coefficient (Wildman–Crippen LogP) is 4.97. The van der Waals surface area contributed by atoms with Crippen molar-refractivity contribution >= 4 is 11.3 Å². The molecule has 2 aromatic heterocycles. The Labute approximate surface area is 122 Å². The molecule has 0 atom stereocenters. The molecule has 0 aliphatic heterocycles. The van der Waals surface area contributed by atoms with Crippen LogP contribution in [0.2, 0.25) is 0 Å². The molecule has 0 fully saturated rings. The molecule has 98 valence electrons. The molecule has 0 bridgehead atoms. The van der Waals surface area contributed by atoms with Gasteiger partial charge in [-0.2, -0.15) is 0 Å². The highest BCUT2D eigenvalue weighted by molar-refractivity contribution is 7.13. The summed E-state index contributed by atoms with van der Waals surface area (Å²) in [5, 5.41) is 2.13. The summed E-state index contributed by atoms with van der Waals surface area (Å²) in [4.78, 5) is 6.07. The third kappa shape index (κ3) is 1.88. The molecule has 20 heavy (non-hydrogen) atoms. The lowest BCUT2D eigenvalue weighted by molar-refractivity contribution is 0.912. The van der Waals surface area contributed by atoms with E-state index in [1.54, 1.807) is 11.3 Å². The fourth-order valence-electron chi connectivity index (χ4n) is 3.08. The molecule has 2 heterocycles. The average Bonchev–Trinajstić information content (AvgIpc) is 3.18. The molecule has 4 rings (SSSR count). The topological polar surface area (TPSA) is 12.9 Å². The Bertz CT molecular complexity index is 730. The van der Waals surface area contributed by atoms with Crippen LogP contribution < -0.4 is 0 Å². The first-order valence-corrected chi connectivity index (χ1v) is 7.91. The number of rotatable bonds is 2. The van der Waals surface area contributed by atoms with Crippen molar-refractivity contribution in [2.45, 2.75) is 19.3 Å². The van der Waals surface area contributed by atoms with Gasteiger partial charge in [-0.3, -0.25) is 4.98 Å². The summed E-state index contributed by atoms with van der Waals surface area (Å²) in [7, 11) is 0. The highest BCUT2D eigenvalue weighted by atomic mass is 32.1. The van der Waals surface area contributed by atoms with Crippen LogP contribution in [-0.4, -0.2) is 4.98 Å². The third-order valence-electron chi connectivity index (χ3n) is 3.99. The minimum absolute atomic E-state index is 1.16. The van der Waals surface area contributed by atoms with E-state index in [-0.39, 0.29) is 0 Å². The van der Waals surface area contributed by atoms with Gasteiger partial charge in [-0.25, -0.2) is 0 Å². The number of aromatic nitrogens is 1. The van der Waals surface area contributed by atoms with Gasteiger partial charge in [0.05, 0.1) is 10.6 Å². The summed E-state index contributed by atoms with van der Waals surface area (Å²) in [5.41, 5.74) is 6.78. The molecule has 2 heteroatoms. The maximum Gasteiger partial charge on any atom is 0.0836 e. The molecular formula is C18H15NS. The van der Waals surface area contributed by atoms with Gasteiger partial charge >= 0.3 is 0 Å². The predicted molar refractivity (Wildman–Crippen MR) is 85.0 cm³/mol. The molecule has 3 aromatic rings. The molecule has 0 saturated carbocycles. The molecule has 1 nitrogen and oxygen atoms in total. The molecule has 0 unspecified atom stereocenters. The fourth-order valence-corrected chi connectivity index (χ4v) is 3.83. The van der Waals surface area contributed by atoms with Crippen LogP contribution in [0.3, 0.4) is 0 Å². The summed E-state index contributed by atoms with van der Waals surface area (Å²) < 4.78 is 0. The van der Waals surface area contributed by atoms with Crippen molar-refractivity contribution in [1.29, 1.82) is 0 Å². The number of hydrogen-bond donors (Lipinski definition) is 0. The van der Waals surface area contributed by atoms with Crippen LogP contribution in [0.1, 0.15) is 17.5 Å². The Hall–Kier alpha value is -1.93. The highest BCUT2D eigenvalue weighted by Crippen LogP contribution is 2.38. The standard InChI is InChI=1S/C18H15NS/c1-2-6-13(7-3-1)16-12-19-18(17-10-5-11-20-17)15-9-4-8-14(15)16/h1-3,5-7,10-12H,4,8-9H2. The Morgan fingerprint density at radius 3 is 2.55 bits per heavy atom. The number of fused-ring (bicyclic) bond motifs is 1. The van der Waals surface area contributed by atoms with Crippen molar-refractivity contribution < 1.29 is 0 Å². The molecule has 1 aromatic carbocycles. The third-order valence-corrected chi connectivity index (χ3v) is 4.87. The molecule has 0 N–H and O–H groups in total. The van der Waals surface area contributed by atoms with Crippen molar-refractivity contribution in [2.75, 3.05) is 0 Å². The van der Waals surface area contributed by atoms with Crippen molar-refractivity contribution in [1.82, 2.24) is 4.98 Å². The van der Waals surface area contributed by atoms with Gasteiger partial charge in [0.25, 0.3) is 0 Å². The van der Waals surface area contributed by atoms with Gasteiger partial charge < -0.3 is 0 Å². The summed E-state index contributed by atoms with van der Waals surface area (Å²) in [6, 6.07) is 14.9. The van der Waals surface area contributed by atoms with E-state index in [1.165, 1.54) is 45.7 Å². The van der Waals surface area contributed by atoms with E-state index >= 15 is 0 Å². The second-order valence-corrected chi connectivity index (χ2v) is 6.12. The van der Waals surface area contributed by atoms with Crippen LogP contribution in [0.25, 0.3) is 21.7 Å². The van der Waals surface area contributed by atoms with E-state index in [0.717, 1.165) is 6.42 Å². The van der Waals surface area contributed by atoms with E-state index in [4.69, 9.17) is 4.98 Å². The fraction of sp³-hybridized carbons (Fsp3) is 0.167.